The zero-order chi connectivity index (χ0) is 48.0. The summed E-state index contributed by atoms with van der Waals surface area (Å²) in [5.74, 6) is -1.96. The smallest absolute Gasteiger partial charge is 0.306 e. The van der Waals surface area contributed by atoms with Crippen LogP contribution in [0.25, 0.3) is 0 Å². The number of aliphatic hydroxyl groups excluding tert-OH is 5. The first-order valence-electron chi connectivity index (χ1n) is 20.8. The van der Waals surface area contributed by atoms with Crippen LogP contribution in [-0.2, 0) is 66.5 Å². The molecule has 63 heavy (non-hydrogen) atoms. The van der Waals surface area contributed by atoms with Gasteiger partial charge in [-0.15, -0.1) is 0 Å². The van der Waals surface area contributed by atoms with Crippen molar-refractivity contribution in [2.45, 2.75) is 180 Å². The minimum Gasteiger partial charge on any atom is -0.460 e. The van der Waals surface area contributed by atoms with Crippen molar-refractivity contribution < 1.29 is 93.4 Å². The van der Waals surface area contributed by atoms with Gasteiger partial charge in [-0.2, -0.15) is 0 Å². The molecule has 0 saturated carbocycles. The van der Waals surface area contributed by atoms with E-state index < -0.39 is 37.0 Å². The van der Waals surface area contributed by atoms with Gasteiger partial charge < -0.3 is 77.6 Å². The topological polar surface area (TPSA) is 254 Å². The summed E-state index contributed by atoms with van der Waals surface area (Å²) in [5.41, 5.74) is -0.0996. The first-order valence-corrected chi connectivity index (χ1v) is 20.3. The molecular formula is C44H96O19. The van der Waals surface area contributed by atoms with E-state index in [1.54, 1.807) is 13.8 Å². The van der Waals surface area contributed by atoms with Gasteiger partial charge in [0, 0.05) is 43.2 Å². The van der Waals surface area contributed by atoms with Crippen LogP contribution in [-0.4, -0.2) is 174 Å². The number of esters is 3. The fourth-order valence-corrected chi connectivity index (χ4v) is 3.92. The molecule has 0 fully saturated rings. The highest BCUT2D eigenvalue weighted by Gasteiger charge is 2.21. The second kappa shape index (κ2) is 49.3. The number of hydrogen-bond acceptors (Lipinski definition) is 19. The molecule has 0 saturated heterocycles. The Morgan fingerprint density at radius 2 is 0.794 bits per heavy atom. The van der Waals surface area contributed by atoms with Crippen molar-refractivity contribution in [1.82, 2.24) is 0 Å². The number of aliphatic hydroxyl groups is 5. The number of hydrogen-bond donors (Lipinski definition) is 5. The molecule has 386 valence electrons. The fourth-order valence-electron chi connectivity index (χ4n) is 3.92. The summed E-state index contributed by atoms with van der Waals surface area (Å²) in [6.07, 6.45) is -0.654. The van der Waals surface area contributed by atoms with Crippen molar-refractivity contribution in [3.05, 3.63) is 0 Å². The highest BCUT2D eigenvalue weighted by atomic mass is 16.7. The third-order valence-electron chi connectivity index (χ3n) is 7.57. The van der Waals surface area contributed by atoms with E-state index in [1.165, 1.54) is 35.4 Å². The van der Waals surface area contributed by atoms with Crippen molar-refractivity contribution in [1.29, 1.82) is 0 Å². The van der Waals surface area contributed by atoms with Gasteiger partial charge in [-0.1, -0.05) is 84.6 Å². The van der Waals surface area contributed by atoms with Gasteiger partial charge in [0.1, 0.15) is 19.8 Å². The van der Waals surface area contributed by atoms with E-state index in [9.17, 15) is 14.4 Å². The van der Waals surface area contributed by atoms with Gasteiger partial charge in [0.2, 0.25) is 0 Å². The molecule has 0 amide bonds. The Kier molecular flexibility index (Phi) is 56.8. The average molecular weight is 930 g/mol. The van der Waals surface area contributed by atoms with Gasteiger partial charge in [-0.25, -0.2) is 0 Å². The molecule has 8 unspecified atom stereocenters. The Balaban J connectivity index is -0.000000135. The van der Waals surface area contributed by atoms with E-state index in [0.29, 0.717) is 32.1 Å². The molecule has 19 heteroatoms. The van der Waals surface area contributed by atoms with Crippen molar-refractivity contribution in [2.75, 3.05) is 81.3 Å². The van der Waals surface area contributed by atoms with Crippen LogP contribution in [0.4, 0.5) is 0 Å². The SMILES string of the molecule is C.C.C.CCC(CO)OC(CO)OC.CCC(CO)OC(COC(=O)CC(C)(C)C)OC.CCC(CO)OC(COC(C)=O)OC.[2H]C(C)(C)CC(=O)OCC(OC)OC(CC)CO. The summed E-state index contributed by atoms with van der Waals surface area (Å²) in [7, 11) is 5.83. The molecule has 0 aromatic heterocycles. The summed E-state index contributed by atoms with van der Waals surface area (Å²) >= 11 is 0. The Hall–Kier alpha value is -2.11. The van der Waals surface area contributed by atoms with Gasteiger partial charge >= 0.3 is 17.9 Å². The molecule has 0 radical (unpaired) electrons. The zero-order valence-electron chi connectivity index (χ0n) is 40.0. The Morgan fingerprint density at radius 1 is 0.508 bits per heavy atom. The molecule has 0 bridgehead atoms. The van der Waals surface area contributed by atoms with Crippen LogP contribution in [0, 0.1) is 11.3 Å². The maximum atomic E-state index is 11.5. The van der Waals surface area contributed by atoms with E-state index in [2.05, 4.69) is 0 Å². The Labute approximate surface area is 383 Å². The van der Waals surface area contributed by atoms with E-state index in [-0.39, 0.29) is 123 Å². The zero-order valence-corrected chi connectivity index (χ0v) is 39.0. The first kappa shape index (κ1) is 72.5. The van der Waals surface area contributed by atoms with Crippen LogP contribution in [0.1, 0.15) is 131 Å². The fraction of sp³-hybridized carbons (Fsp3) is 0.932. The first-order chi connectivity index (χ1) is 28.5. The summed E-state index contributed by atoms with van der Waals surface area (Å²) < 4.78 is 63.3. The lowest BCUT2D eigenvalue weighted by Crippen LogP contribution is -2.31. The maximum absolute atomic E-state index is 11.5. The second-order valence-electron chi connectivity index (χ2n) is 14.5. The van der Waals surface area contributed by atoms with Crippen molar-refractivity contribution in [2.24, 2.45) is 11.3 Å². The molecule has 0 aliphatic rings. The molecule has 5 N–H and O–H groups in total. The molecule has 0 heterocycles. The standard InChI is InChI=1S/C13H26O5.C12H24O5.C9H18O5.C7H16O4.3CH4/c1-6-10(8-14)18-12(16-5)9-17-11(15)7-13(2,3)4;1-5-10(7-13)17-12(15-4)8-16-11(14)6-9(2)3;1-4-8(5-10)14-9(12-3)6-13-7(2)11;1-3-6(4-8)11-7(5-9)10-2;;;/h10,12,14H,6-9H2,1-5H3;9-10,12-13H,5-8H2,1-4H3;8-10H,4-6H2,1-3H3;6-9H,3-5H2,1-2H3;3*1H4/i;9D;;;;;. The van der Waals surface area contributed by atoms with Crippen LogP contribution < -0.4 is 0 Å². The van der Waals surface area contributed by atoms with E-state index in [4.69, 9.17) is 79.0 Å². The van der Waals surface area contributed by atoms with E-state index in [0.717, 1.165) is 0 Å². The van der Waals surface area contributed by atoms with Crippen molar-refractivity contribution >= 4 is 17.9 Å². The number of ether oxygens (including phenoxy) is 11. The minimum absolute atomic E-state index is 0. The predicted octanol–water partition coefficient (Wildman–Crippen LogP) is 5.02. The molecule has 19 nitrogen and oxygen atoms in total. The molecule has 0 aromatic rings. The third-order valence-corrected chi connectivity index (χ3v) is 7.57. The highest BCUT2D eigenvalue weighted by Crippen LogP contribution is 2.19. The molecule has 0 aliphatic carbocycles. The summed E-state index contributed by atoms with van der Waals surface area (Å²) in [5, 5.41) is 44.2. The lowest BCUT2D eigenvalue weighted by atomic mass is 9.93. The minimum atomic E-state index is -0.850. The Bertz CT molecular complexity index is 948. The van der Waals surface area contributed by atoms with Gasteiger partial charge in [0.15, 0.2) is 25.2 Å². The van der Waals surface area contributed by atoms with Crippen LogP contribution in [0.3, 0.4) is 0 Å². The summed E-state index contributed by atoms with van der Waals surface area (Å²) in [6.45, 7) is 17.6. The lowest BCUT2D eigenvalue weighted by Gasteiger charge is -2.22. The van der Waals surface area contributed by atoms with Gasteiger partial charge in [-0.05, 0) is 37.0 Å². The number of methoxy groups -OCH3 is 4. The van der Waals surface area contributed by atoms with Crippen LogP contribution in [0.5, 0.6) is 0 Å². The van der Waals surface area contributed by atoms with E-state index in [1.807, 2.05) is 48.5 Å². The monoisotopic (exact) mass is 930 g/mol. The van der Waals surface area contributed by atoms with E-state index >= 15 is 0 Å². The molecule has 0 aliphatic heterocycles. The number of rotatable bonds is 30. The second-order valence-corrected chi connectivity index (χ2v) is 14.5. The quantitative estimate of drug-likeness (QED) is 0.0360. The number of carbonyl (C=O) groups is 3. The highest BCUT2D eigenvalue weighted by molar-refractivity contribution is 5.70. The molecule has 0 spiro atoms. The van der Waals surface area contributed by atoms with Gasteiger partial charge in [0.25, 0.3) is 0 Å². The molecular weight excluding hydrogens is 832 g/mol. The maximum Gasteiger partial charge on any atom is 0.306 e. The largest absolute Gasteiger partial charge is 0.460 e. The molecule has 0 rings (SSSR count). The molecule has 0 aromatic carbocycles. The predicted molar refractivity (Wildman–Crippen MR) is 242 cm³/mol. The summed E-state index contributed by atoms with van der Waals surface area (Å²) in [6, 6.07) is 0. The average Bonchev–Trinajstić information content (AvgIpc) is 3.21. The number of carbonyl (C=O) groups excluding carboxylic acids is 3. The van der Waals surface area contributed by atoms with Crippen LogP contribution >= 0.6 is 0 Å². The van der Waals surface area contributed by atoms with Crippen molar-refractivity contribution in [3.63, 3.8) is 0 Å². The van der Waals surface area contributed by atoms with Crippen molar-refractivity contribution in [3.8, 4) is 0 Å². The summed E-state index contributed by atoms with van der Waals surface area (Å²) in [4.78, 5) is 33.4. The molecule has 8 atom stereocenters. The Morgan fingerprint density at radius 3 is 1.02 bits per heavy atom. The lowest BCUT2D eigenvalue weighted by molar-refractivity contribution is -0.195. The van der Waals surface area contributed by atoms with Crippen LogP contribution in [0.2, 0.25) is 0 Å². The van der Waals surface area contributed by atoms with Gasteiger partial charge in [-0.3, -0.25) is 14.4 Å². The normalized spacial score (nSPS) is 14.9. The van der Waals surface area contributed by atoms with Gasteiger partial charge in [0.05, 0.1) is 63.9 Å². The third kappa shape index (κ3) is 49.2. The van der Waals surface area contributed by atoms with Crippen LogP contribution in [0.15, 0.2) is 0 Å².